The number of carbonyl (C=O) groups excluding carboxylic acids is 1. The summed E-state index contributed by atoms with van der Waals surface area (Å²) < 4.78 is 0. The van der Waals surface area contributed by atoms with Crippen LogP contribution in [-0.4, -0.2) is 88.2 Å². The van der Waals surface area contributed by atoms with Crippen LogP contribution in [0.1, 0.15) is 25.7 Å². The van der Waals surface area contributed by atoms with Gasteiger partial charge in [-0.05, 0) is 0 Å². The number of carboxylic acids is 6. The van der Waals surface area contributed by atoms with Crippen molar-refractivity contribution in [3.05, 3.63) is 0 Å². The Morgan fingerprint density at radius 3 is 0.933 bits per heavy atom. The second-order valence-corrected chi connectivity index (χ2v) is 4.93. The van der Waals surface area contributed by atoms with Crippen molar-refractivity contribution >= 4 is 48.2 Å². The number of halogens is 1. The van der Waals surface area contributed by atoms with Crippen LogP contribution in [0.25, 0.3) is 0 Å². The van der Waals surface area contributed by atoms with Crippen molar-refractivity contribution < 1.29 is 134 Å². The van der Waals surface area contributed by atoms with E-state index in [1.807, 2.05) is 0 Å². The molecule has 8 N–H and O–H groups in total. The molecule has 164 valence electrons. The van der Waals surface area contributed by atoms with Crippen LogP contribution in [-0.2, 0) is 28.8 Å². The summed E-state index contributed by atoms with van der Waals surface area (Å²) in [7, 11) is 0. The molecule has 0 bridgehead atoms. The first-order valence-electron chi connectivity index (χ1n) is 6.32. The fourth-order valence-electron chi connectivity index (χ4n) is 1.42. The minimum absolute atomic E-state index is 0. The fourth-order valence-corrected chi connectivity index (χ4v) is 1.42. The predicted octanol–water partition coefficient (Wildman–Crippen LogP) is -9.58. The van der Waals surface area contributed by atoms with Gasteiger partial charge in [-0.3, -0.25) is 14.4 Å². The van der Waals surface area contributed by atoms with Crippen molar-refractivity contribution in [2.45, 2.75) is 36.9 Å². The number of hydrogen-bond acceptors (Lipinski definition) is 10. The van der Waals surface area contributed by atoms with Gasteiger partial charge in [-0.25, -0.2) is 9.59 Å². The molecule has 0 heterocycles. The van der Waals surface area contributed by atoms with Gasteiger partial charge in [0.2, 0.25) is 0 Å². The molecule has 18 heteroatoms. The maximum Gasteiger partial charge on any atom is 1.00 e. The molecule has 0 saturated carbocycles. The van der Waals surface area contributed by atoms with Gasteiger partial charge in [0.15, 0.2) is 11.2 Å². The van der Waals surface area contributed by atoms with Gasteiger partial charge in [-0.2, -0.15) is 0 Å². The van der Waals surface area contributed by atoms with E-state index in [-0.39, 0.29) is 77.0 Å². The Bertz CT molecular complexity index is 524. The van der Waals surface area contributed by atoms with Gasteiger partial charge < -0.3 is 51.1 Å². The molecule has 0 amide bonds. The zero-order valence-corrected chi connectivity index (χ0v) is 20.5. The molecule has 0 radical (unpaired) electrons. The molecule has 0 spiro atoms. The van der Waals surface area contributed by atoms with Gasteiger partial charge in [-0.15, -0.1) is 12.4 Å². The standard InChI is InChI=1S/2C6H8O7.ClH.2Na.H2O/c2*7-3(8)1-6(13,5(11)12)2-4(9)10;;;;/h2*13H,1-2H2,(H,7,8)(H,9,10)(H,11,12);1H;;;1H2/q;;;2*+1;/p-2. The molecule has 0 aliphatic rings. The Morgan fingerprint density at radius 2 is 0.800 bits per heavy atom. The number of carboxylic acid groups (broad SMARTS) is 6. The third-order valence-electron chi connectivity index (χ3n) is 2.56. The number of rotatable bonds is 10. The Hall–Kier alpha value is -1.01. The molecular weight excluding hydrogens is 466 g/mol. The number of hydrogen-bond donors (Lipinski definition) is 7. The van der Waals surface area contributed by atoms with Crippen LogP contribution in [0.4, 0.5) is 0 Å². The Morgan fingerprint density at radius 1 is 0.600 bits per heavy atom. The van der Waals surface area contributed by atoms with Gasteiger partial charge in [-0.1, -0.05) is 0 Å². The minimum Gasteiger partial charge on any atom is -0.870 e. The summed E-state index contributed by atoms with van der Waals surface area (Å²) in [5, 5.41) is 69.3. The van der Waals surface area contributed by atoms with Crippen LogP contribution in [0.3, 0.4) is 0 Å². The molecule has 0 saturated heterocycles. The van der Waals surface area contributed by atoms with E-state index in [0.29, 0.717) is 0 Å². The van der Waals surface area contributed by atoms with E-state index in [1.165, 1.54) is 0 Å². The van der Waals surface area contributed by atoms with Crippen molar-refractivity contribution in [1.82, 2.24) is 0 Å². The van der Waals surface area contributed by atoms with E-state index in [4.69, 9.17) is 35.7 Å². The van der Waals surface area contributed by atoms with E-state index in [0.717, 1.165) is 0 Å². The average Bonchev–Trinajstić information content (AvgIpc) is 2.34. The van der Waals surface area contributed by atoms with Crippen molar-refractivity contribution in [2.24, 2.45) is 0 Å². The summed E-state index contributed by atoms with van der Waals surface area (Å²) in [6.07, 6.45) is -4.73. The van der Waals surface area contributed by atoms with Crippen molar-refractivity contribution in [3.63, 3.8) is 0 Å². The number of carbonyl (C=O) groups is 6. The van der Waals surface area contributed by atoms with Crippen LogP contribution < -0.4 is 64.2 Å². The number of aliphatic hydroxyl groups is 2. The van der Waals surface area contributed by atoms with E-state index in [2.05, 4.69) is 0 Å². The first kappa shape index (κ1) is 43.0. The van der Waals surface area contributed by atoms with Crippen LogP contribution in [0.5, 0.6) is 0 Å². The summed E-state index contributed by atoms with van der Waals surface area (Å²) in [5.74, 6) is -10.4. The van der Waals surface area contributed by atoms with E-state index < -0.39 is 72.7 Å². The molecule has 0 rings (SSSR count). The van der Waals surface area contributed by atoms with Gasteiger partial charge in [0.1, 0.15) is 0 Å². The minimum atomic E-state index is -2.80. The zero-order valence-electron chi connectivity index (χ0n) is 15.7. The van der Waals surface area contributed by atoms with Crippen LogP contribution in [0.15, 0.2) is 0 Å². The van der Waals surface area contributed by atoms with Gasteiger partial charge in [0.25, 0.3) is 0 Å². The van der Waals surface area contributed by atoms with Gasteiger partial charge in [0, 0.05) is 12.4 Å². The molecule has 0 aromatic carbocycles. The van der Waals surface area contributed by atoms with E-state index >= 15 is 0 Å². The molecule has 0 aliphatic heterocycles. The molecule has 1 unspecified atom stereocenters. The Balaban J connectivity index is -0.0000000847. The monoisotopic (exact) mass is 482 g/mol. The molecule has 0 aromatic rings. The third kappa shape index (κ3) is 19.0. The van der Waals surface area contributed by atoms with Crippen LogP contribution in [0, 0.1) is 0 Å². The topological polar surface area (TPSA) is 297 Å². The van der Waals surface area contributed by atoms with Gasteiger partial charge >= 0.3 is 89.0 Å². The van der Waals surface area contributed by atoms with Crippen LogP contribution >= 0.6 is 12.4 Å². The van der Waals surface area contributed by atoms with Crippen molar-refractivity contribution in [1.29, 1.82) is 0 Å². The molecule has 0 fully saturated rings. The van der Waals surface area contributed by atoms with Gasteiger partial charge in [0.05, 0.1) is 19.3 Å². The molecule has 1 atom stereocenters. The summed E-state index contributed by atoms with van der Waals surface area (Å²) in [6.45, 7) is 0. The van der Waals surface area contributed by atoms with Crippen molar-refractivity contribution in [3.8, 4) is 0 Å². The Labute approximate surface area is 218 Å². The molecule has 0 aromatic heterocycles. The molecule has 30 heavy (non-hydrogen) atoms. The zero-order chi connectivity index (χ0) is 21.3. The third-order valence-corrected chi connectivity index (χ3v) is 2.56. The maximum absolute atomic E-state index is 10.3. The largest absolute Gasteiger partial charge is 1.00 e. The average molecular weight is 483 g/mol. The molecule has 0 aliphatic carbocycles. The number of aliphatic carboxylic acids is 6. The normalized spacial score (nSPS) is 11.0. The smallest absolute Gasteiger partial charge is 0.870 e. The maximum atomic E-state index is 10.3. The fraction of sp³-hybridized carbons (Fsp3) is 0.500. The van der Waals surface area contributed by atoms with Crippen molar-refractivity contribution in [2.75, 3.05) is 0 Å². The molecule has 15 nitrogen and oxygen atoms in total. The van der Waals surface area contributed by atoms with Crippen LogP contribution in [0.2, 0.25) is 0 Å². The first-order chi connectivity index (χ1) is 11.6. The summed E-state index contributed by atoms with van der Waals surface area (Å²) in [5.41, 5.74) is -5.54. The summed E-state index contributed by atoms with van der Waals surface area (Å²) in [6, 6.07) is 0. The Kier molecular flexibility index (Phi) is 26.8. The summed E-state index contributed by atoms with van der Waals surface area (Å²) >= 11 is 0. The second-order valence-electron chi connectivity index (χ2n) is 4.93. The van der Waals surface area contributed by atoms with E-state index in [1.54, 1.807) is 0 Å². The molecular formula is C12H17ClNa2O15. The van der Waals surface area contributed by atoms with E-state index in [9.17, 15) is 33.9 Å². The summed E-state index contributed by atoms with van der Waals surface area (Å²) in [4.78, 5) is 60.8. The quantitative estimate of drug-likeness (QED) is 0.142. The first-order valence-corrected chi connectivity index (χ1v) is 6.32. The predicted molar refractivity (Wildman–Crippen MR) is 80.7 cm³/mol. The SMILES string of the molecule is Cl.O=C(O)CC(O)(CC(=O)O)C(=O)O.O=C([O-])CC(O)(CC(=O)O)C(=O)O.[Na+].[Na+].[OH-]. The second kappa shape index (κ2) is 18.7.